The first-order valence-corrected chi connectivity index (χ1v) is 14.6. The fraction of sp³-hybridized carbons (Fsp3) is 0.0263. The highest BCUT2D eigenvalue weighted by Gasteiger charge is 2.31. The van der Waals surface area contributed by atoms with Gasteiger partial charge in [-0.2, -0.15) is 0 Å². The summed E-state index contributed by atoms with van der Waals surface area (Å²) in [5, 5.41) is 12.5. The van der Waals surface area contributed by atoms with Crippen LogP contribution in [0, 0.1) is 0 Å². The minimum atomic E-state index is -0.173. The third-order valence-corrected chi connectivity index (χ3v) is 9.39. The molecule has 6 aromatic carbocycles. The van der Waals surface area contributed by atoms with Crippen molar-refractivity contribution in [2.24, 2.45) is 4.99 Å². The lowest BCUT2D eigenvalue weighted by molar-refractivity contribution is 0.668. The molecule has 2 aliphatic rings. The van der Waals surface area contributed by atoms with E-state index < -0.39 is 0 Å². The van der Waals surface area contributed by atoms with E-state index in [-0.39, 0.29) is 6.17 Å². The molecule has 2 aliphatic heterocycles. The maximum absolute atomic E-state index is 6.30. The zero-order valence-electron chi connectivity index (χ0n) is 22.8. The average molecular weight is 550 g/mol. The van der Waals surface area contributed by atoms with Gasteiger partial charge in [-0.25, -0.2) is 0 Å². The number of aliphatic imine (C=N–C) groups is 1. The Balaban J connectivity index is 1.24. The largest absolute Gasteiger partial charge is 0.658 e. The summed E-state index contributed by atoms with van der Waals surface area (Å²) in [4.78, 5) is 5.11. The molecule has 0 saturated carbocycles. The quantitative estimate of drug-likeness (QED) is 0.201. The second kappa shape index (κ2) is 7.52. The van der Waals surface area contributed by atoms with Crippen LogP contribution in [0.1, 0.15) is 11.7 Å². The molecule has 9 aromatic rings. The molecule has 0 saturated heterocycles. The minimum absolute atomic E-state index is 0.173. The van der Waals surface area contributed by atoms with Gasteiger partial charge in [-0.05, 0) is 42.5 Å². The van der Waals surface area contributed by atoms with Gasteiger partial charge in [0.05, 0.1) is 22.3 Å². The summed E-state index contributed by atoms with van der Waals surface area (Å²) in [7, 11) is 0. The number of hydrogen-bond donors (Lipinski definition) is 0. The first kappa shape index (κ1) is 21.9. The molecule has 0 N–H and O–H groups in total. The second-order valence-electron chi connectivity index (χ2n) is 11.5. The Morgan fingerprint density at radius 3 is 2.35 bits per heavy atom. The van der Waals surface area contributed by atoms with Gasteiger partial charge in [-0.1, -0.05) is 72.8 Å². The van der Waals surface area contributed by atoms with E-state index in [2.05, 4.69) is 106 Å². The van der Waals surface area contributed by atoms with Crippen molar-refractivity contribution in [1.82, 2.24) is 9.13 Å². The molecule has 5 heterocycles. The number of aromatic nitrogens is 2. The van der Waals surface area contributed by atoms with Gasteiger partial charge >= 0.3 is 0 Å². The van der Waals surface area contributed by atoms with Crippen LogP contribution < -0.4 is 0 Å². The van der Waals surface area contributed by atoms with Gasteiger partial charge in [0.25, 0.3) is 0 Å². The second-order valence-corrected chi connectivity index (χ2v) is 11.5. The smallest absolute Gasteiger partial charge is 0.137 e. The Morgan fingerprint density at radius 2 is 1.37 bits per heavy atom. The molecule has 0 fully saturated rings. The van der Waals surface area contributed by atoms with Crippen molar-refractivity contribution in [3.63, 3.8) is 0 Å². The molecule has 43 heavy (non-hydrogen) atoms. The molecular formula is C38H21N4O-. The third-order valence-electron chi connectivity index (χ3n) is 9.39. The monoisotopic (exact) mass is 549 g/mol. The third kappa shape index (κ3) is 2.62. The van der Waals surface area contributed by atoms with Crippen LogP contribution in [0.5, 0.6) is 0 Å². The predicted molar refractivity (Wildman–Crippen MR) is 176 cm³/mol. The van der Waals surface area contributed by atoms with Gasteiger partial charge in [0, 0.05) is 67.0 Å². The highest BCUT2D eigenvalue weighted by molar-refractivity contribution is 6.33. The van der Waals surface area contributed by atoms with Crippen LogP contribution in [-0.2, 0) is 0 Å². The Hall–Kier alpha value is -5.81. The number of rotatable bonds is 1. The fourth-order valence-corrected chi connectivity index (χ4v) is 7.67. The average Bonchev–Trinajstić information content (AvgIpc) is 3.78. The van der Waals surface area contributed by atoms with Crippen molar-refractivity contribution in [2.45, 2.75) is 6.17 Å². The fourth-order valence-electron chi connectivity index (χ4n) is 7.67. The van der Waals surface area contributed by atoms with Crippen LogP contribution in [0.4, 0.5) is 11.4 Å². The summed E-state index contributed by atoms with van der Waals surface area (Å²) in [6, 6.07) is 42.9. The summed E-state index contributed by atoms with van der Waals surface area (Å²) < 4.78 is 11.1. The lowest BCUT2D eigenvalue weighted by Gasteiger charge is -2.37. The molecule has 1 atom stereocenters. The Kier molecular flexibility index (Phi) is 3.83. The number of nitrogens with zero attached hydrogens (tertiary/aromatic N) is 4. The molecule has 3 aromatic heterocycles. The molecule has 11 rings (SSSR count). The standard InChI is InChI=1S/C38H21N4O/c1-5-14-29-24(9-1)34-30(41(29)21-16-17-23-22-8-2-6-15-32(22)43-33(23)20-21)18-19-31-35(34)25-10-7-11-26-36-38(42(31)37(25)26)40-28-13-4-3-12-27(28)39-36/h1-20,38H/q-1. The highest BCUT2D eigenvalue weighted by Crippen LogP contribution is 2.52. The van der Waals surface area contributed by atoms with Crippen LogP contribution in [-0.4, -0.2) is 14.8 Å². The first-order chi connectivity index (χ1) is 21.3. The number of para-hydroxylation sites is 5. The van der Waals surface area contributed by atoms with E-state index >= 15 is 0 Å². The topological polar surface area (TPSA) is 49.5 Å². The van der Waals surface area contributed by atoms with E-state index in [1.807, 2.05) is 24.3 Å². The molecule has 1 unspecified atom stereocenters. The Labute approximate surface area is 244 Å². The zero-order valence-corrected chi connectivity index (χ0v) is 22.8. The van der Waals surface area contributed by atoms with E-state index in [0.29, 0.717) is 0 Å². The van der Waals surface area contributed by atoms with Crippen molar-refractivity contribution in [1.29, 1.82) is 0 Å². The molecule has 5 heteroatoms. The van der Waals surface area contributed by atoms with Gasteiger partial charge in [0.2, 0.25) is 0 Å². The molecule has 0 spiro atoms. The van der Waals surface area contributed by atoms with E-state index in [9.17, 15) is 0 Å². The van der Waals surface area contributed by atoms with Gasteiger partial charge in [-0.3, -0.25) is 4.99 Å². The maximum Gasteiger partial charge on any atom is 0.137 e. The van der Waals surface area contributed by atoms with Crippen LogP contribution in [0.2, 0.25) is 0 Å². The molecule has 200 valence electrons. The molecular weight excluding hydrogens is 528 g/mol. The first-order valence-electron chi connectivity index (χ1n) is 14.6. The normalized spacial score (nSPS) is 15.5. The Bertz CT molecular complexity index is 2720. The molecule has 0 amide bonds. The van der Waals surface area contributed by atoms with Crippen LogP contribution in [0.3, 0.4) is 0 Å². The van der Waals surface area contributed by atoms with Crippen molar-refractivity contribution in [3.8, 4) is 5.69 Å². The van der Waals surface area contributed by atoms with Crippen LogP contribution >= 0.6 is 0 Å². The van der Waals surface area contributed by atoms with Crippen molar-refractivity contribution in [2.75, 3.05) is 0 Å². The van der Waals surface area contributed by atoms with Crippen molar-refractivity contribution in [3.05, 3.63) is 132 Å². The lowest BCUT2D eigenvalue weighted by Crippen LogP contribution is -2.14. The van der Waals surface area contributed by atoms with Gasteiger partial charge in [-0.15, -0.1) is 5.69 Å². The SMILES string of the molecule is c1ccc2c(c1)N=C1c3cccc4c5c6c7ccccc7n(-c7ccc8c(c7)oc7ccccc78)c6ccc5n(c34)C1[N-]2. The van der Waals surface area contributed by atoms with E-state index in [1.54, 1.807) is 0 Å². The summed E-state index contributed by atoms with van der Waals surface area (Å²) in [6.07, 6.45) is -0.173. The molecule has 0 aliphatic carbocycles. The number of fused-ring (bicyclic) bond motifs is 14. The zero-order chi connectivity index (χ0) is 27.8. The number of benzene rings is 6. The van der Waals surface area contributed by atoms with E-state index in [4.69, 9.17) is 14.7 Å². The van der Waals surface area contributed by atoms with Gasteiger partial charge in [0.1, 0.15) is 11.2 Å². The van der Waals surface area contributed by atoms with Gasteiger partial charge < -0.3 is 18.9 Å². The summed E-state index contributed by atoms with van der Waals surface area (Å²) in [6.45, 7) is 0. The molecule has 5 nitrogen and oxygen atoms in total. The molecule has 0 radical (unpaired) electrons. The Morgan fingerprint density at radius 1 is 0.605 bits per heavy atom. The summed E-state index contributed by atoms with van der Waals surface area (Å²) >= 11 is 0. The number of hydrogen-bond acceptors (Lipinski definition) is 2. The van der Waals surface area contributed by atoms with Crippen molar-refractivity contribution < 1.29 is 4.42 Å². The number of furan rings is 1. The summed E-state index contributed by atoms with van der Waals surface area (Å²) in [5.41, 5.74) is 11.7. The van der Waals surface area contributed by atoms with Crippen LogP contribution in [0.15, 0.2) is 131 Å². The predicted octanol–water partition coefficient (Wildman–Crippen LogP) is 10.4. The maximum atomic E-state index is 6.30. The van der Waals surface area contributed by atoms with E-state index in [1.165, 1.54) is 49.2 Å². The van der Waals surface area contributed by atoms with E-state index in [0.717, 1.165) is 44.7 Å². The van der Waals surface area contributed by atoms with Crippen LogP contribution in [0.25, 0.3) is 76.6 Å². The minimum Gasteiger partial charge on any atom is -0.658 e. The van der Waals surface area contributed by atoms with Gasteiger partial charge in [0.15, 0.2) is 0 Å². The highest BCUT2D eigenvalue weighted by atomic mass is 16.3. The van der Waals surface area contributed by atoms with Crippen molar-refractivity contribution >= 4 is 82.6 Å². The summed E-state index contributed by atoms with van der Waals surface area (Å²) in [5.74, 6) is 0. The molecule has 0 bridgehead atoms. The lowest BCUT2D eigenvalue weighted by atomic mass is 10.0.